The lowest BCUT2D eigenvalue weighted by Gasteiger charge is -2.27. The van der Waals surface area contributed by atoms with Gasteiger partial charge in [0.1, 0.15) is 36.4 Å². The predicted molar refractivity (Wildman–Crippen MR) is 121 cm³/mol. The minimum atomic E-state index is -0.522. The van der Waals surface area contributed by atoms with E-state index in [1.54, 1.807) is 18.1 Å². The van der Waals surface area contributed by atoms with E-state index in [4.69, 9.17) is 14.2 Å². The molecule has 9 nitrogen and oxygen atoms in total. The Morgan fingerprint density at radius 3 is 2.41 bits per heavy atom. The van der Waals surface area contributed by atoms with Crippen LogP contribution in [-0.4, -0.2) is 46.5 Å². The van der Waals surface area contributed by atoms with Crippen molar-refractivity contribution in [2.75, 3.05) is 25.7 Å². The number of carbonyl (C=O) groups excluding carboxylic acids is 1. The number of hydrogen-bond donors (Lipinski definition) is 0. The number of anilines is 1. The van der Waals surface area contributed by atoms with E-state index >= 15 is 0 Å². The van der Waals surface area contributed by atoms with Gasteiger partial charge in [-0.3, -0.25) is 0 Å². The first-order chi connectivity index (χ1) is 15.4. The molecule has 9 heteroatoms. The van der Waals surface area contributed by atoms with E-state index in [9.17, 15) is 4.79 Å². The highest BCUT2D eigenvalue weighted by Gasteiger charge is 2.26. The van der Waals surface area contributed by atoms with Gasteiger partial charge in [0.2, 0.25) is 5.88 Å². The van der Waals surface area contributed by atoms with Crippen LogP contribution in [0.3, 0.4) is 0 Å². The molecule has 0 aliphatic rings. The van der Waals surface area contributed by atoms with Gasteiger partial charge < -0.3 is 19.1 Å². The van der Waals surface area contributed by atoms with Crippen LogP contribution in [0.25, 0.3) is 0 Å². The molecule has 0 aliphatic heterocycles. The predicted octanol–water partition coefficient (Wildman–Crippen LogP) is 4.06. The minimum absolute atomic E-state index is 0.197. The first-order valence-corrected chi connectivity index (χ1v) is 10.4. The van der Waals surface area contributed by atoms with E-state index in [-0.39, 0.29) is 11.4 Å². The Morgan fingerprint density at radius 1 is 1.12 bits per heavy atom. The fourth-order valence-electron chi connectivity index (χ4n) is 3.55. The second kappa shape index (κ2) is 10.1. The molecule has 0 aliphatic carbocycles. The first-order valence-electron chi connectivity index (χ1n) is 10.4. The Bertz CT molecular complexity index is 1060. The van der Waals surface area contributed by atoms with Gasteiger partial charge in [0.25, 0.3) is 0 Å². The van der Waals surface area contributed by atoms with Gasteiger partial charge in [0.15, 0.2) is 0 Å². The van der Waals surface area contributed by atoms with E-state index < -0.39 is 5.97 Å². The van der Waals surface area contributed by atoms with Crippen molar-refractivity contribution >= 4 is 11.7 Å². The number of ether oxygens (including phenoxy) is 3. The summed E-state index contributed by atoms with van der Waals surface area (Å²) in [7, 11) is 2.97. The average molecular weight is 440 g/mol. The number of pyridine rings is 1. The molecule has 3 aromatic rings. The Kier molecular flexibility index (Phi) is 7.29. The van der Waals surface area contributed by atoms with Gasteiger partial charge in [-0.2, -0.15) is 5.10 Å². The zero-order valence-corrected chi connectivity index (χ0v) is 19.4. The number of hydrogen-bond acceptors (Lipinski definition) is 8. The first kappa shape index (κ1) is 23.1. The van der Waals surface area contributed by atoms with Gasteiger partial charge in [-0.25, -0.2) is 19.4 Å². The van der Waals surface area contributed by atoms with Crippen molar-refractivity contribution in [1.29, 1.82) is 0 Å². The summed E-state index contributed by atoms with van der Waals surface area (Å²) in [4.78, 5) is 23.5. The molecule has 3 rings (SSSR count). The van der Waals surface area contributed by atoms with Crippen molar-refractivity contribution in [3.63, 3.8) is 0 Å². The molecular weight excluding hydrogens is 410 g/mol. The molecule has 0 N–H and O–H groups in total. The molecule has 0 fully saturated rings. The molecule has 0 amide bonds. The molecule has 1 aromatic carbocycles. The van der Waals surface area contributed by atoms with Crippen LogP contribution in [0.4, 0.5) is 5.69 Å². The highest BCUT2D eigenvalue weighted by molar-refractivity contribution is 5.98. The zero-order chi connectivity index (χ0) is 23.3. The lowest BCUT2D eigenvalue weighted by Crippen LogP contribution is -2.29. The molecule has 0 radical (unpaired) electrons. The van der Waals surface area contributed by atoms with Gasteiger partial charge in [0.05, 0.1) is 19.9 Å². The maximum Gasteiger partial charge on any atom is 0.345 e. The van der Waals surface area contributed by atoms with Crippen LogP contribution in [0.15, 0.2) is 30.9 Å². The number of aryl methyl sites for hydroxylation is 3. The van der Waals surface area contributed by atoms with Crippen LogP contribution >= 0.6 is 0 Å². The summed E-state index contributed by atoms with van der Waals surface area (Å²) < 4.78 is 18.4. The largest absolute Gasteiger partial charge is 0.497 e. The Morgan fingerprint density at radius 2 is 1.84 bits per heavy atom. The third-order valence-corrected chi connectivity index (χ3v) is 4.97. The molecule has 0 bridgehead atoms. The fourth-order valence-corrected chi connectivity index (χ4v) is 3.55. The Labute approximate surface area is 188 Å². The van der Waals surface area contributed by atoms with Crippen molar-refractivity contribution in [2.45, 2.75) is 40.8 Å². The van der Waals surface area contributed by atoms with E-state index in [1.807, 2.05) is 43.9 Å². The number of nitrogens with zero attached hydrogens (tertiary/aromatic N) is 5. The van der Waals surface area contributed by atoms with Crippen molar-refractivity contribution in [3.8, 4) is 17.4 Å². The van der Waals surface area contributed by atoms with Crippen LogP contribution in [0, 0.1) is 20.8 Å². The summed E-state index contributed by atoms with van der Waals surface area (Å²) in [6.45, 7) is 8.89. The van der Waals surface area contributed by atoms with Gasteiger partial charge in [-0.1, -0.05) is 6.92 Å². The Hall–Kier alpha value is -3.62. The van der Waals surface area contributed by atoms with Crippen molar-refractivity contribution < 1.29 is 19.0 Å². The van der Waals surface area contributed by atoms with E-state index in [2.05, 4.69) is 22.0 Å². The number of rotatable bonds is 9. The highest BCUT2D eigenvalue weighted by Crippen LogP contribution is 2.37. The van der Waals surface area contributed by atoms with E-state index in [0.717, 1.165) is 23.3 Å². The van der Waals surface area contributed by atoms with Crippen molar-refractivity contribution in [3.05, 3.63) is 53.2 Å². The normalized spacial score (nSPS) is 10.7. The molecule has 0 atom stereocenters. The number of carbonyl (C=O) groups is 1. The van der Waals surface area contributed by atoms with Gasteiger partial charge in [0, 0.05) is 12.2 Å². The molecule has 0 spiro atoms. The summed E-state index contributed by atoms with van der Waals surface area (Å²) in [5.41, 5.74) is 3.39. The van der Waals surface area contributed by atoms with Crippen molar-refractivity contribution in [2.24, 2.45) is 0 Å². The third-order valence-electron chi connectivity index (χ3n) is 4.97. The SMILES string of the molecule is CCCN(Cn1cncn1)c1cc(C)nc(Oc2c(C)cc(OC)cc2C)c1C(=O)OC. The highest BCUT2D eigenvalue weighted by atomic mass is 16.5. The third kappa shape index (κ3) is 4.99. The molecule has 0 unspecified atom stereocenters. The fraction of sp³-hybridized carbons (Fsp3) is 0.391. The average Bonchev–Trinajstić information content (AvgIpc) is 3.28. The maximum absolute atomic E-state index is 12.9. The second-order valence-corrected chi connectivity index (χ2v) is 7.49. The minimum Gasteiger partial charge on any atom is -0.497 e. The van der Waals surface area contributed by atoms with E-state index in [0.29, 0.717) is 30.3 Å². The number of benzene rings is 1. The van der Waals surface area contributed by atoms with Crippen LogP contribution in [0.1, 0.15) is 40.5 Å². The van der Waals surface area contributed by atoms with Crippen LogP contribution in [0.5, 0.6) is 17.4 Å². The maximum atomic E-state index is 12.9. The lowest BCUT2D eigenvalue weighted by molar-refractivity contribution is 0.0597. The zero-order valence-electron chi connectivity index (χ0n) is 19.4. The smallest absolute Gasteiger partial charge is 0.345 e. The molecule has 2 heterocycles. The van der Waals surface area contributed by atoms with Crippen LogP contribution < -0.4 is 14.4 Å². The van der Waals surface area contributed by atoms with Crippen LogP contribution in [-0.2, 0) is 11.4 Å². The summed E-state index contributed by atoms with van der Waals surface area (Å²) in [5.74, 6) is 1.03. The van der Waals surface area contributed by atoms with E-state index in [1.165, 1.54) is 13.4 Å². The number of aromatic nitrogens is 4. The molecule has 170 valence electrons. The molecule has 2 aromatic heterocycles. The monoisotopic (exact) mass is 439 g/mol. The quantitative estimate of drug-likeness (QED) is 0.461. The standard InChI is InChI=1S/C23H29N5O4/c1-7-8-27(14-28-13-24-12-25-28)19-11-17(4)26-22(20(19)23(29)31-6)32-21-15(2)9-18(30-5)10-16(21)3/h9-13H,7-8,14H2,1-6H3. The van der Waals surface area contributed by atoms with Gasteiger partial charge in [-0.05, 0) is 56.5 Å². The number of methoxy groups -OCH3 is 2. The summed E-state index contributed by atoms with van der Waals surface area (Å²) in [6.07, 6.45) is 3.98. The van der Waals surface area contributed by atoms with Gasteiger partial charge >= 0.3 is 5.97 Å². The summed E-state index contributed by atoms with van der Waals surface area (Å²) in [6, 6.07) is 5.62. The molecule has 0 saturated heterocycles. The van der Waals surface area contributed by atoms with Gasteiger partial charge in [-0.15, -0.1) is 0 Å². The number of esters is 1. The van der Waals surface area contributed by atoms with Crippen molar-refractivity contribution in [1.82, 2.24) is 19.7 Å². The Balaban J connectivity index is 2.13. The van der Waals surface area contributed by atoms with Crippen LogP contribution in [0.2, 0.25) is 0 Å². The topological polar surface area (TPSA) is 91.6 Å². The second-order valence-electron chi connectivity index (χ2n) is 7.49. The molecule has 32 heavy (non-hydrogen) atoms. The lowest BCUT2D eigenvalue weighted by atomic mass is 10.1. The summed E-state index contributed by atoms with van der Waals surface area (Å²) >= 11 is 0. The summed E-state index contributed by atoms with van der Waals surface area (Å²) in [5, 5.41) is 4.20. The molecular formula is C23H29N5O4. The molecule has 0 saturated carbocycles.